The largest absolute Gasteiger partial charge is 0.336 e. The number of nitrogens with two attached hydrogens (primary N) is 1. The van der Waals surface area contributed by atoms with Gasteiger partial charge in [0.25, 0.3) is 0 Å². The maximum Gasteiger partial charge on any atom is 0.315 e. The second-order valence-electron chi connectivity index (χ2n) is 4.31. The summed E-state index contributed by atoms with van der Waals surface area (Å²) < 4.78 is 0. The molecule has 14 heavy (non-hydrogen) atoms. The lowest BCUT2D eigenvalue weighted by atomic mass is 10.0. The lowest BCUT2D eigenvalue weighted by Crippen LogP contribution is -2.47. The van der Waals surface area contributed by atoms with E-state index >= 15 is 0 Å². The van der Waals surface area contributed by atoms with Gasteiger partial charge in [0, 0.05) is 12.1 Å². The van der Waals surface area contributed by atoms with Gasteiger partial charge in [-0.05, 0) is 39.2 Å². The Hall–Kier alpha value is -0.770. The van der Waals surface area contributed by atoms with Crippen molar-refractivity contribution in [3.8, 4) is 0 Å². The van der Waals surface area contributed by atoms with Crippen LogP contribution in [0.4, 0.5) is 4.79 Å². The van der Waals surface area contributed by atoms with E-state index in [1.807, 2.05) is 13.8 Å². The van der Waals surface area contributed by atoms with Gasteiger partial charge in [0.05, 0.1) is 0 Å². The van der Waals surface area contributed by atoms with Crippen LogP contribution in [0.15, 0.2) is 0 Å². The fourth-order valence-electron chi connectivity index (χ4n) is 1.98. The van der Waals surface area contributed by atoms with Crippen LogP contribution in [0.2, 0.25) is 0 Å². The molecule has 4 N–H and O–H groups in total. The summed E-state index contributed by atoms with van der Waals surface area (Å²) in [6.45, 7) is 4.58. The summed E-state index contributed by atoms with van der Waals surface area (Å²) in [7, 11) is 0. The molecule has 0 aromatic carbocycles. The van der Waals surface area contributed by atoms with Gasteiger partial charge in [-0.15, -0.1) is 0 Å². The number of nitrogens with one attached hydrogen (secondary N) is 2. The number of urea groups is 1. The fraction of sp³-hybridized carbons (Fsp3) is 0.900. The van der Waals surface area contributed by atoms with Crippen molar-refractivity contribution in [2.24, 2.45) is 11.7 Å². The normalized spacial score (nSPS) is 26.6. The smallest absolute Gasteiger partial charge is 0.315 e. The third-order valence-corrected chi connectivity index (χ3v) is 2.70. The summed E-state index contributed by atoms with van der Waals surface area (Å²) >= 11 is 0. The molecule has 0 radical (unpaired) electrons. The standard InChI is InChI=1S/C10H21N3O/c1-7(2)12-10(14)13-9-5-3-4-8(9)6-11/h7-9H,3-6,11H2,1-2H3,(H2,12,13,14). The van der Waals surface area contributed by atoms with Crippen LogP contribution in [-0.2, 0) is 0 Å². The Morgan fingerprint density at radius 3 is 2.79 bits per heavy atom. The van der Waals surface area contributed by atoms with Gasteiger partial charge in [-0.2, -0.15) is 0 Å². The first-order valence-corrected chi connectivity index (χ1v) is 5.40. The van der Waals surface area contributed by atoms with Crippen molar-refractivity contribution in [3.63, 3.8) is 0 Å². The molecule has 82 valence electrons. The summed E-state index contributed by atoms with van der Waals surface area (Å²) in [6.07, 6.45) is 3.38. The van der Waals surface area contributed by atoms with Crippen LogP contribution in [0.25, 0.3) is 0 Å². The molecule has 4 heteroatoms. The second kappa shape index (κ2) is 5.20. The SMILES string of the molecule is CC(C)NC(=O)NC1CCCC1CN. The van der Waals surface area contributed by atoms with Crippen LogP contribution >= 0.6 is 0 Å². The van der Waals surface area contributed by atoms with Crippen LogP contribution in [0.3, 0.4) is 0 Å². The number of amides is 2. The second-order valence-corrected chi connectivity index (χ2v) is 4.31. The van der Waals surface area contributed by atoms with Crippen molar-refractivity contribution in [2.75, 3.05) is 6.54 Å². The van der Waals surface area contributed by atoms with E-state index in [1.165, 1.54) is 6.42 Å². The summed E-state index contributed by atoms with van der Waals surface area (Å²) in [4.78, 5) is 11.4. The molecule has 0 spiro atoms. The first-order valence-electron chi connectivity index (χ1n) is 5.40. The van der Waals surface area contributed by atoms with Gasteiger partial charge in [-0.25, -0.2) is 4.79 Å². The van der Waals surface area contributed by atoms with E-state index in [0.717, 1.165) is 12.8 Å². The molecular weight excluding hydrogens is 178 g/mol. The molecule has 1 aliphatic rings. The lowest BCUT2D eigenvalue weighted by Gasteiger charge is -2.20. The molecule has 2 unspecified atom stereocenters. The Kier molecular flexibility index (Phi) is 4.20. The summed E-state index contributed by atoms with van der Waals surface area (Å²) in [5.74, 6) is 0.466. The third kappa shape index (κ3) is 3.18. The molecule has 1 fully saturated rings. The van der Waals surface area contributed by atoms with Gasteiger partial charge in [0.2, 0.25) is 0 Å². The highest BCUT2D eigenvalue weighted by Crippen LogP contribution is 2.24. The molecule has 0 aliphatic heterocycles. The fourth-order valence-corrected chi connectivity index (χ4v) is 1.98. The monoisotopic (exact) mass is 199 g/mol. The molecular formula is C10H21N3O. The summed E-state index contributed by atoms with van der Waals surface area (Å²) in [5, 5.41) is 5.80. The first-order chi connectivity index (χ1) is 6.63. The molecule has 2 amide bonds. The minimum absolute atomic E-state index is 0.0645. The number of rotatable bonds is 3. The molecule has 1 aliphatic carbocycles. The maximum atomic E-state index is 11.4. The predicted molar refractivity (Wildman–Crippen MR) is 57.0 cm³/mol. The number of hydrogen-bond donors (Lipinski definition) is 3. The van der Waals surface area contributed by atoms with E-state index in [0.29, 0.717) is 12.5 Å². The van der Waals surface area contributed by atoms with Gasteiger partial charge in [0.1, 0.15) is 0 Å². The van der Waals surface area contributed by atoms with Crippen LogP contribution in [0, 0.1) is 5.92 Å². The molecule has 2 atom stereocenters. The van der Waals surface area contributed by atoms with Crippen molar-refractivity contribution >= 4 is 6.03 Å². The Balaban J connectivity index is 2.32. The van der Waals surface area contributed by atoms with Gasteiger partial charge in [0.15, 0.2) is 0 Å². The van der Waals surface area contributed by atoms with Gasteiger partial charge < -0.3 is 16.4 Å². The topological polar surface area (TPSA) is 67.2 Å². The van der Waals surface area contributed by atoms with Crippen LogP contribution in [-0.4, -0.2) is 24.7 Å². The Bertz CT molecular complexity index is 194. The van der Waals surface area contributed by atoms with Crippen molar-refractivity contribution in [1.29, 1.82) is 0 Å². The van der Waals surface area contributed by atoms with Crippen molar-refractivity contribution in [1.82, 2.24) is 10.6 Å². The highest BCUT2D eigenvalue weighted by atomic mass is 16.2. The number of carbonyl (C=O) groups is 1. The molecule has 1 saturated carbocycles. The quantitative estimate of drug-likeness (QED) is 0.630. The van der Waals surface area contributed by atoms with E-state index in [4.69, 9.17) is 5.73 Å². The Morgan fingerprint density at radius 2 is 2.21 bits per heavy atom. The van der Waals surface area contributed by atoms with Crippen molar-refractivity contribution in [3.05, 3.63) is 0 Å². The third-order valence-electron chi connectivity index (χ3n) is 2.70. The zero-order valence-corrected chi connectivity index (χ0v) is 9.05. The molecule has 0 bridgehead atoms. The Morgan fingerprint density at radius 1 is 1.50 bits per heavy atom. The average Bonchev–Trinajstić information content (AvgIpc) is 2.50. The predicted octanol–water partition coefficient (Wildman–Crippen LogP) is 0.821. The minimum atomic E-state index is -0.0645. The van der Waals surface area contributed by atoms with Crippen LogP contribution in [0.1, 0.15) is 33.1 Å². The van der Waals surface area contributed by atoms with E-state index in [2.05, 4.69) is 10.6 Å². The minimum Gasteiger partial charge on any atom is -0.336 e. The molecule has 0 saturated heterocycles. The highest BCUT2D eigenvalue weighted by molar-refractivity contribution is 5.74. The molecule has 4 nitrogen and oxygen atoms in total. The zero-order valence-electron chi connectivity index (χ0n) is 9.05. The molecule has 0 aromatic heterocycles. The van der Waals surface area contributed by atoms with Crippen molar-refractivity contribution in [2.45, 2.75) is 45.2 Å². The summed E-state index contributed by atoms with van der Waals surface area (Å²) in [5.41, 5.74) is 5.63. The number of hydrogen-bond acceptors (Lipinski definition) is 2. The van der Waals surface area contributed by atoms with E-state index < -0.39 is 0 Å². The number of carbonyl (C=O) groups excluding carboxylic acids is 1. The zero-order chi connectivity index (χ0) is 10.6. The van der Waals surface area contributed by atoms with Gasteiger partial charge >= 0.3 is 6.03 Å². The lowest BCUT2D eigenvalue weighted by molar-refractivity contribution is 0.231. The van der Waals surface area contributed by atoms with E-state index in [9.17, 15) is 4.79 Å². The molecule has 0 heterocycles. The van der Waals surface area contributed by atoms with Crippen LogP contribution in [0.5, 0.6) is 0 Å². The van der Waals surface area contributed by atoms with Crippen LogP contribution < -0.4 is 16.4 Å². The van der Waals surface area contributed by atoms with E-state index in [-0.39, 0.29) is 18.1 Å². The molecule has 0 aromatic rings. The Labute approximate surface area is 85.6 Å². The maximum absolute atomic E-state index is 11.4. The summed E-state index contributed by atoms with van der Waals surface area (Å²) in [6, 6.07) is 0.400. The van der Waals surface area contributed by atoms with E-state index in [1.54, 1.807) is 0 Å². The molecule has 1 rings (SSSR count). The highest BCUT2D eigenvalue weighted by Gasteiger charge is 2.27. The van der Waals surface area contributed by atoms with Crippen molar-refractivity contribution < 1.29 is 4.79 Å². The van der Waals surface area contributed by atoms with Gasteiger partial charge in [-0.1, -0.05) is 6.42 Å². The van der Waals surface area contributed by atoms with Gasteiger partial charge in [-0.3, -0.25) is 0 Å². The average molecular weight is 199 g/mol. The first kappa shape index (κ1) is 11.3.